The molecule has 0 spiro atoms. The SMILES string of the molecule is CCC(=O)c1ccc(N(Cc2cccs2)C(C)C)cc1. The lowest BCUT2D eigenvalue weighted by atomic mass is 10.1. The lowest BCUT2D eigenvalue weighted by Gasteiger charge is -2.28. The van der Waals surface area contributed by atoms with Gasteiger partial charge >= 0.3 is 0 Å². The Hall–Kier alpha value is -1.61. The molecular weight excluding hydrogens is 266 g/mol. The second kappa shape index (κ2) is 6.71. The van der Waals surface area contributed by atoms with E-state index in [1.54, 1.807) is 11.3 Å². The smallest absolute Gasteiger partial charge is 0.162 e. The Labute approximate surface area is 125 Å². The molecule has 2 nitrogen and oxygen atoms in total. The van der Waals surface area contributed by atoms with Gasteiger partial charge < -0.3 is 4.90 Å². The summed E-state index contributed by atoms with van der Waals surface area (Å²) in [6.45, 7) is 7.20. The summed E-state index contributed by atoms with van der Waals surface area (Å²) < 4.78 is 0. The van der Waals surface area contributed by atoms with Crippen LogP contribution >= 0.6 is 11.3 Å². The molecule has 1 heterocycles. The molecule has 0 aliphatic heterocycles. The van der Waals surface area contributed by atoms with E-state index in [-0.39, 0.29) is 5.78 Å². The summed E-state index contributed by atoms with van der Waals surface area (Å²) in [5.41, 5.74) is 1.97. The highest BCUT2D eigenvalue weighted by molar-refractivity contribution is 7.09. The van der Waals surface area contributed by atoms with Crippen molar-refractivity contribution in [3.05, 3.63) is 52.2 Å². The first-order chi connectivity index (χ1) is 9.61. The second-order valence-corrected chi connectivity index (χ2v) is 6.16. The minimum Gasteiger partial charge on any atom is -0.364 e. The summed E-state index contributed by atoms with van der Waals surface area (Å²) in [7, 11) is 0. The fourth-order valence-electron chi connectivity index (χ4n) is 2.19. The molecule has 3 heteroatoms. The highest BCUT2D eigenvalue weighted by Gasteiger charge is 2.12. The molecule has 0 radical (unpaired) electrons. The summed E-state index contributed by atoms with van der Waals surface area (Å²) in [4.78, 5) is 15.4. The van der Waals surface area contributed by atoms with Crippen LogP contribution < -0.4 is 4.90 Å². The monoisotopic (exact) mass is 287 g/mol. The van der Waals surface area contributed by atoms with Crippen LogP contribution in [0.25, 0.3) is 0 Å². The van der Waals surface area contributed by atoms with Gasteiger partial charge in [0.05, 0.1) is 6.54 Å². The van der Waals surface area contributed by atoms with E-state index in [1.807, 2.05) is 19.1 Å². The van der Waals surface area contributed by atoms with Gasteiger partial charge in [0, 0.05) is 28.6 Å². The van der Waals surface area contributed by atoms with Crippen molar-refractivity contribution in [3.63, 3.8) is 0 Å². The molecule has 0 aliphatic carbocycles. The van der Waals surface area contributed by atoms with Crippen LogP contribution in [0.1, 0.15) is 42.4 Å². The number of hydrogen-bond acceptors (Lipinski definition) is 3. The normalized spacial score (nSPS) is 10.8. The Balaban J connectivity index is 2.19. The van der Waals surface area contributed by atoms with Crippen molar-refractivity contribution in [2.24, 2.45) is 0 Å². The molecule has 106 valence electrons. The molecular formula is C17H21NOS. The standard InChI is InChI=1S/C17H21NOS/c1-4-17(19)14-7-9-15(10-8-14)18(13(2)3)12-16-6-5-11-20-16/h5-11,13H,4,12H2,1-3H3. The number of nitrogens with zero attached hydrogens (tertiary/aromatic N) is 1. The molecule has 1 aromatic heterocycles. The lowest BCUT2D eigenvalue weighted by Crippen LogP contribution is -2.29. The Morgan fingerprint density at radius 3 is 2.40 bits per heavy atom. The van der Waals surface area contributed by atoms with Gasteiger partial charge in [0.25, 0.3) is 0 Å². The van der Waals surface area contributed by atoms with Crippen molar-refractivity contribution in [2.75, 3.05) is 4.90 Å². The van der Waals surface area contributed by atoms with Crippen LogP contribution in [0, 0.1) is 0 Å². The molecule has 0 unspecified atom stereocenters. The van der Waals surface area contributed by atoms with Gasteiger partial charge in [-0.1, -0.05) is 13.0 Å². The molecule has 1 aromatic carbocycles. The Morgan fingerprint density at radius 1 is 1.20 bits per heavy atom. The summed E-state index contributed by atoms with van der Waals surface area (Å²) >= 11 is 1.78. The zero-order valence-corrected chi connectivity index (χ0v) is 13.1. The van der Waals surface area contributed by atoms with Gasteiger partial charge in [-0.2, -0.15) is 0 Å². The van der Waals surface area contributed by atoms with Crippen LogP contribution in [0.5, 0.6) is 0 Å². The van der Waals surface area contributed by atoms with Gasteiger partial charge in [0.2, 0.25) is 0 Å². The molecule has 0 fully saturated rings. The maximum atomic E-state index is 11.7. The zero-order valence-electron chi connectivity index (χ0n) is 12.3. The van der Waals surface area contributed by atoms with Crippen molar-refractivity contribution in [1.82, 2.24) is 0 Å². The summed E-state index contributed by atoms with van der Waals surface area (Å²) in [5, 5.41) is 2.11. The highest BCUT2D eigenvalue weighted by atomic mass is 32.1. The first kappa shape index (κ1) is 14.8. The van der Waals surface area contributed by atoms with Crippen molar-refractivity contribution in [2.45, 2.75) is 39.8 Å². The van der Waals surface area contributed by atoms with Crippen LogP contribution in [0.3, 0.4) is 0 Å². The minimum absolute atomic E-state index is 0.200. The molecule has 0 saturated carbocycles. The van der Waals surface area contributed by atoms with Gasteiger partial charge in [-0.15, -0.1) is 11.3 Å². The summed E-state index contributed by atoms with van der Waals surface area (Å²) in [5.74, 6) is 0.200. The first-order valence-electron chi connectivity index (χ1n) is 7.04. The van der Waals surface area contributed by atoms with Crippen molar-refractivity contribution in [1.29, 1.82) is 0 Å². The number of carbonyl (C=O) groups is 1. The molecule has 0 saturated heterocycles. The molecule has 0 N–H and O–H groups in total. The molecule has 20 heavy (non-hydrogen) atoms. The number of Topliss-reactive ketones (excluding diaryl/α,β-unsaturated/α-hetero) is 1. The zero-order chi connectivity index (χ0) is 14.5. The van der Waals surface area contributed by atoms with Gasteiger partial charge in [0.1, 0.15) is 0 Å². The predicted octanol–water partition coefficient (Wildman–Crippen LogP) is 4.76. The van der Waals surface area contributed by atoms with Gasteiger partial charge in [-0.05, 0) is 49.6 Å². The maximum Gasteiger partial charge on any atom is 0.162 e. The van der Waals surface area contributed by atoms with E-state index in [1.165, 1.54) is 10.6 Å². The lowest BCUT2D eigenvalue weighted by molar-refractivity contribution is 0.0988. The van der Waals surface area contributed by atoms with E-state index < -0.39 is 0 Å². The largest absolute Gasteiger partial charge is 0.364 e. The quantitative estimate of drug-likeness (QED) is 0.714. The van der Waals surface area contributed by atoms with Gasteiger partial charge in [-0.3, -0.25) is 4.79 Å². The number of rotatable bonds is 6. The summed E-state index contributed by atoms with van der Waals surface area (Å²) in [6, 6.07) is 12.6. The van der Waals surface area contributed by atoms with Crippen LogP contribution in [-0.2, 0) is 6.54 Å². The minimum atomic E-state index is 0.200. The predicted molar refractivity (Wildman–Crippen MR) is 86.7 cm³/mol. The van der Waals surface area contributed by atoms with Crippen molar-refractivity contribution in [3.8, 4) is 0 Å². The second-order valence-electron chi connectivity index (χ2n) is 5.12. The van der Waals surface area contributed by atoms with E-state index in [4.69, 9.17) is 0 Å². The van der Waals surface area contributed by atoms with E-state index in [0.717, 1.165) is 12.1 Å². The third kappa shape index (κ3) is 3.48. The average molecular weight is 287 g/mol. The van der Waals surface area contributed by atoms with Crippen LogP contribution in [0.15, 0.2) is 41.8 Å². The molecule has 0 aliphatic rings. The molecule has 2 rings (SSSR count). The first-order valence-corrected chi connectivity index (χ1v) is 7.92. The Bertz CT molecular complexity index is 543. The number of benzene rings is 1. The molecule has 0 bridgehead atoms. The van der Waals surface area contributed by atoms with Crippen LogP contribution in [0.4, 0.5) is 5.69 Å². The van der Waals surface area contributed by atoms with Gasteiger partial charge in [0.15, 0.2) is 5.78 Å². The molecule has 2 aromatic rings. The Kier molecular flexibility index (Phi) is 4.96. The molecule has 0 amide bonds. The van der Waals surface area contributed by atoms with Crippen molar-refractivity contribution >= 4 is 22.8 Å². The number of ketones is 1. The Morgan fingerprint density at radius 2 is 1.90 bits per heavy atom. The van der Waals surface area contributed by atoms with Gasteiger partial charge in [-0.25, -0.2) is 0 Å². The highest BCUT2D eigenvalue weighted by Crippen LogP contribution is 2.23. The average Bonchev–Trinajstić information content (AvgIpc) is 2.97. The third-order valence-corrected chi connectivity index (χ3v) is 4.23. The number of thiophene rings is 1. The fraction of sp³-hybridized carbons (Fsp3) is 0.353. The topological polar surface area (TPSA) is 20.3 Å². The number of hydrogen-bond donors (Lipinski definition) is 0. The van der Waals surface area contributed by atoms with E-state index in [9.17, 15) is 4.79 Å². The van der Waals surface area contributed by atoms with E-state index in [2.05, 4.69) is 48.4 Å². The fourth-order valence-corrected chi connectivity index (χ4v) is 2.89. The van der Waals surface area contributed by atoms with Crippen LogP contribution in [-0.4, -0.2) is 11.8 Å². The van der Waals surface area contributed by atoms with E-state index in [0.29, 0.717) is 12.5 Å². The third-order valence-electron chi connectivity index (χ3n) is 3.37. The molecule has 0 atom stereocenters. The van der Waals surface area contributed by atoms with Crippen LogP contribution in [0.2, 0.25) is 0 Å². The number of carbonyl (C=O) groups excluding carboxylic acids is 1. The number of anilines is 1. The maximum absolute atomic E-state index is 11.7. The summed E-state index contributed by atoms with van der Waals surface area (Å²) in [6.07, 6.45) is 0.558. The van der Waals surface area contributed by atoms with E-state index >= 15 is 0 Å². The van der Waals surface area contributed by atoms with Crippen molar-refractivity contribution < 1.29 is 4.79 Å².